The van der Waals surface area contributed by atoms with E-state index in [9.17, 15) is 4.79 Å². The van der Waals surface area contributed by atoms with E-state index in [2.05, 4.69) is 0 Å². The van der Waals surface area contributed by atoms with Crippen LogP contribution in [0.1, 0.15) is 5.56 Å². The van der Waals surface area contributed by atoms with Gasteiger partial charge in [0.2, 0.25) is 0 Å². The Kier molecular flexibility index (Phi) is 9.28. The Balaban J connectivity index is 0. The van der Waals surface area contributed by atoms with Gasteiger partial charge in [0.05, 0.1) is 0 Å². The van der Waals surface area contributed by atoms with E-state index in [1.54, 1.807) is 0 Å². The summed E-state index contributed by atoms with van der Waals surface area (Å²) in [5.74, 6) is -0.959. The van der Waals surface area contributed by atoms with Crippen LogP contribution in [0.4, 0.5) is 4.79 Å². The minimum absolute atomic E-state index is 0. The van der Waals surface area contributed by atoms with Gasteiger partial charge in [-0.3, -0.25) is 4.79 Å². The van der Waals surface area contributed by atoms with E-state index in [0.29, 0.717) is 6.42 Å². The van der Waals surface area contributed by atoms with Crippen molar-refractivity contribution in [3.05, 3.63) is 35.9 Å². The van der Waals surface area contributed by atoms with E-state index in [-0.39, 0.29) is 6.15 Å². The second kappa shape index (κ2) is 9.13. The molecule has 1 atom stereocenters. The highest BCUT2D eigenvalue weighted by Gasteiger charge is 2.10. The van der Waals surface area contributed by atoms with Gasteiger partial charge in [-0.25, -0.2) is 4.79 Å². The van der Waals surface area contributed by atoms with Gasteiger partial charge in [-0.2, -0.15) is 0 Å². The molecular weight excluding hydrogens is 228 g/mol. The number of carboxylic acid groups (broad SMARTS) is 3. The number of hydrogen-bond donors (Lipinski definition) is 5. The summed E-state index contributed by atoms with van der Waals surface area (Å²) in [6.07, 6.45) is -1.45. The first-order valence-corrected chi connectivity index (χ1v) is 4.37. The highest BCUT2D eigenvalue weighted by molar-refractivity contribution is 5.73. The summed E-state index contributed by atoms with van der Waals surface area (Å²) in [6.45, 7) is 0. The molecule has 1 aromatic rings. The molecule has 0 saturated carbocycles. The van der Waals surface area contributed by atoms with Crippen molar-refractivity contribution >= 4 is 12.1 Å². The highest BCUT2D eigenvalue weighted by atomic mass is 16.6. The van der Waals surface area contributed by atoms with Crippen molar-refractivity contribution in [3.8, 4) is 0 Å². The fourth-order valence-corrected chi connectivity index (χ4v) is 0.955. The SMILES string of the molecule is N.NC(Cc1ccccc1)C(=O)O.O=C(O)O. The Morgan fingerprint density at radius 3 is 1.88 bits per heavy atom. The van der Waals surface area contributed by atoms with Gasteiger partial charge in [0.15, 0.2) is 0 Å². The number of hydrogen-bond acceptors (Lipinski definition) is 4. The molecule has 0 radical (unpaired) electrons. The summed E-state index contributed by atoms with van der Waals surface area (Å²) in [7, 11) is 0. The van der Waals surface area contributed by atoms with Gasteiger partial charge in [0, 0.05) is 0 Å². The van der Waals surface area contributed by atoms with Crippen molar-refractivity contribution in [1.29, 1.82) is 0 Å². The largest absolute Gasteiger partial charge is 0.503 e. The molecule has 7 heteroatoms. The maximum absolute atomic E-state index is 10.4. The monoisotopic (exact) mass is 244 g/mol. The van der Waals surface area contributed by atoms with Crippen LogP contribution < -0.4 is 11.9 Å². The quantitative estimate of drug-likeness (QED) is 0.531. The molecule has 0 aromatic heterocycles. The van der Waals surface area contributed by atoms with Crippen LogP contribution in [0.15, 0.2) is 30.3 Å². The molecule has 0 fully saturated rings. The first-order chi connectivity index (χ1) is 7.43. The van der Waals surface area contributed by atoms with Gasteiger partial charge >= 0.3 is 12.1 Å². The van der Waals surface area contributed by atoms with E-state index >= 15 is 0 Å². The zero-order valence-corrected chi connectivity index (χ0v) is 9.11. The highest BCUT2D eigenvalue weighted by Crippen LogP contribution is 2.01. The minimum Gasteiger partial charge on any atom is -0.480 e. The lowest BCUT2D eigenvalue weighted by Gasteiger charge is -2.04. The molecular formula is C10H16N2O5. The number of carbonyl (C=O) groups is 2. The number of benzene rings is 1. The van der Waals surface area contributed by atoms with E-state index in [4.69, 9.17) is 25.8 Å². The summed E-state index contributed by atoms with van der Waals surface area (Å²) in [4.78, 5) is 18.9. The molecule has 0 heterocycles. The Labute approximate surface area is 98.1 Å². The molecule has 0 bridgehead atoms. The summed E-state index contributed by atoms with van der Waals surface area (Å²) < 4.78 is 0. The number of nitrogens with two attached hydrogens (primary N) is 1. The predicted molar refractivity (Wildman–Crippen MR) is 61.4 cm³/mol. The maximum Gasteiger partial charge on any atom is 0.503 e. The average Bonchev–Trinajstić information content (AvgIpc) is 2.18. The van der Waals surface area contributed by atoms with Gasteiger partial charge in [-0.1, -0.05) is 30.3 Å². The van der Waals surface area contributed by atoms with Crippen molar-refractivity contribution in [2.75, 3.05) is 0 Å². The molecule has 0 aliphatic heterocycles. The van der Waals surface area contributed by atoms with Gasteiger partial charge in [-0.15, -0.1) is 0 Å². The van der Waals surface area contributed by atoms with Gasteiger partial charge in [-0.05, 0) is 12.0 Å². The molecule has 0 aliphatic rings. The molecule has 17 heavy (non-hydrogen) atoms. The second-order valence-corrected chi connectivity index (χ2v) is 2.92. The number of carboxylic acids is 1. The topological polar surface area (TPSA) is 156 Å². The van der Waals surface area contributed by atoms with Crippen LogP contribution in [-0.2, 0) is 11.2 Å². The standard InChI is InChI=1S/C9H11NO2.CH2O3.H3N/c10-8(9(11)12)6-7-4-2-1-3-5-7;2-1(3)4;/h1-5,8H,6,10H2,(H,11,12);(H2,2,3,4);1H3. The summed E-state index contributed by atoms with van der Waals surface area (Å²) in [6, 6.07) is 8.54. The summed E-state index contributed by atoms with van der Waals surface area (Å²) in [5, 5.41) is 22.5. The van der Waals surface area contributed by atoms with Crippen molar-refractivity contribution in [1.82, 2.24) is 6.15 Å². The molecule has 0 spiro atoms. The van der Waals surface area contributed by atoms with Gasteiger partial charge in [0.25, 0.3) is 0 Å². The summed E-state index contributed by atoms with van der Waals surface area (Å²) >= 11 is 0. The third-order valence-electron chi connectivity index (χ3n) is 1.62. The fourth-order valence-electron chi connectivity index (χ4n) is 0.955. The first-order valence-electron chi connectivity index (χ1n) is 4.37. The molecule has 1 unspecified atom stereocenters. The molecule has 0 saturated heterocycles. The van der Waals surface area contributed by atoms with E-state index in [1.165, 1.54) is 0 Å². The van der Waals surface area contributed by atoms with Crippen molar-refractivity contribution in [2.45, 2.75) is 12.5 Å². The molecule has 8 N–H and O–H groups in total. The van der Waals surface area contributed by atoms with Crippen molar-refractivity contribution in [2.24, 2.45) is 5.73 Å². The smallest absolute Gasteiger partial charge is 0.480 e. The predicted octanol–water partition coefficient (Wildman–Crippen LogP) is 1.03. The Morgan fingerprint density at radius 2 is 1.53 bits per heavy atom. The number of rotatable bonds is 3. The first kappa shape index (κ1) is 17.3. The molecule has 96 valence electrons. The lowest BCUT2D eigenvalue weighted by molar-refractivity contribution is -0.138. The van der Waals surface area contributed by atoms with E-state index < -0.39 is 18.2 Å². The van der Waals surface area contributed by atoms with Crippen molar-refractivity contribution in [3.63, 3.8) is 0 Å². The average molecular weight is 244 g/mol. The molecule has 7 nitrogen and oxygen atoms in total. The zero-order chi connectivity index (χ0) is 12.6. The summed E-state index contributed by atoms with van der Waals surface area (Å²) in [5.41, 5.74) is 6.30. The Morgan fingerprint density at radius 1 is 1.12 bits per heavy atom. The number of aliphatic carboxylic acids is 1. The molecule has 1 rings (SSSR count). The van der Waals surface area contributed by atoms with E-state index in [0.717, 1.165) is 5.56 Å². The van der Waals surface area contributed by atoms with E-state index in [1.807, 2.05) is 30.3 Å². The van der Waals surface area contributed by atoms with Crippen LogP contribution in [0, 0.1) is 0 Å². The molecule has 0 aliphatic carbocycles. The Hall–Kier alpha value is -2.12. The van der Waals surface area contributed by atoms with Crippen LogP contribution in [0.2, 0.25) is 0 Å². The van der Waals surface area contributed by atoms with Crippen LogP contribution >= 0.6 is 0 Å². The maximum atomic E-state index is 10.4. The fraction of sp³-hybridized carbons (Fsp3) is 0.200. The van der Waals surface area contributed by atoms with Crippen LogP contribution in [0.25, 0.3) is 0 Å². The molecule has 1 aromatic carbocycles. The van der Waals surface area contributed by atoms with Gasteiger partial charge < -0.3 is 27.2 Å². The van der Waals surface area contributed by atoms with Gasteiger partial charge in [0.1, 0.15) is 6.04 Å². The second-order valence-electron chi connectivity index (χ2n) is 2.92. The third kappa shape index (κ3) is 10.2. The molecule has 0 amide bonds. The lowest BCUT2D eigenvalue weighted by Crippen LogP contribution is -2.32. The third-order valence-corrected chi connectivity index (χ3v) is 1.62. The Bertz CT molecular complexity index is 338. The lowest BCUT2D eigenvalue weighted by atomic mass is 10.1. The van der Waals surface area contributed by atoms with Crippen molar-refractivity contribution < 1.29 is 24.9 Å². The van der Waals surface area contributed by atoms with Crippen LogP contribution in [0.5, 0.6) is 0 Å². The normalized spacial score (nSPS) is 10.2. The zero-order valence-electron chi connectivity index (χ0n) is 9.11. The van der Waals surface area contributed by atoms with Crippen LogP contribution in [0.3, 0.4) is 0 Å². The van der Waals surface area contributed by atoms with Crippen LogP contribution in [-0.4, -0.2) is 33.5 Å². The minimum atomic E-state index is -1.83.